The number of hydrogen-bond acceptors (Lipinski definition) is 18. The maximum absolute atomic E-state index is 13.3. The second-order valence-electron chi connectivity index (χ2n) is 22.8. The van der Waals surface area contributed by atoms with E-state index in [0.29, 0.717) is 12.8 Å². The van der Waals surface area contributed by atoms with Crippen LogP contribution in [0.2, 0.25) is 0 Å². The Bertz CT molecular complexity index is 1750. The Balaban J connectivity index is 1.33. The molecule has 19 nitrogen and oxygen atoms in total. The number of hydrogen-bond donors (Lipinski definition) is 12. The molecule has 19 heteroatoms. The first kappa shape index (κ1) is 74.7. The van der Waals surface area contributed by atoms with Crippen molar-refractivity contribution in [3.8, 4) is 0 Å². The first-order chi connectivity index (χ1) is 40.3. The highest BCUT2D eigenvalue weighted by Crippen LogP contribution is 2.33. The number of nitrogens with one attached hydrogen (secondary N) is 1. The van der Waals surface area contributed by atoms with Crippen LogP contribution in [0.25, 0.3) is 0 Å². The average molecular weight is 1180 g/mol. The highest BCUT2D eigenvalue weighted by atomic mass is 16.8. The minimum Gasteiger partial charge on any atom is -0.394 e. The van der Waals surface area contributed by atoms with Gasteiger partial charge >= 0.3 is 0 Å². The third-order valence-corrected chi connectivity index (χ3v) is 15.9. The molecule has 3 fully saturated rings. The maximum Gasteiger partial charge on any atom is 0.220 e. The second kappa shape index (κ2) is 46.6. The number of rotatable bonds is 47. The largest absolute Gasteiger partial charge is 0.394 e. The molecule has 12 N–H and O–H groups in total. The van der Waals surface area contributed by atoms with Crippen LogP contribution >= 0.6 is 0 Å². The molecule has 3 rings (SSSR count). The van der Waals surface area contributed by atoms with E-state index >= 15 is 0 Å². The van der Waals surface area contributed by atoms with E-state index in [4.69, 9.17) is 28.4 Å². The van der Waals surface area contributed by atoms with Gasteiger partial charge in [-0.25, -0.2) is 0 Å². The first-order valence-corrected chi connectivity index (χ1v) is 32.0. The summed E-state index contributed by atoms with van der Waals surface area (Å²) in [4.78, 5) is 13.3. The van der Waals surface area contributed by atoms with Gasteiger partial charge in [-0.2, -0.15) is 0 Å². The quantitative estimate of drug-likeness (QED) is 0.0220. The van der Waals surface area contributed by atoms with Crippen molar-refractivity contribution in [2.75, 3.05) is 26.4 Å². The fourth-order valence-electron chi connectivity index (χ4n) is 10.6. The van der Waals surface area contributed by atoms with Gasteiger partial charge < -0.3 is 89.9 Å². The molecule has 17 unspecified atom stereocenters. The number of amides is 1. The van der Waals surface area contributed by atoms with Gasteiger partial charge in [0.15, 0.2) is 18.9 Å². The Kier molecular flexibility index (Phi) is 42.0. The molecule has 0 aromatic rings. The molecule has 0 aromatic carbocycles. The summed E-state index contributed by atoms with van der Waals surface area (Å²) in [6, 6.07) is -0.886. The molecule has 3 aliphatic heterocycles. The van der Waals surface area contributed by atoms with Gasteiger partial charge in [-0.15, -0.1) is 0 Å². The summed E-state index contributed by atoms with van der Waals surface area (Å²) in [5.41, 5.74) is 0. The topological polar surface area (TPSA) is 307 Å². The molecule has 3 heterocycles. The van der Waals surface area contributed by atoms with Crippen LogP contribution in [0.5, 0.6) is 0 Å². The summed E-state index contributed by atoms with van der Waals surface area (Å²) in [6.07, 6.45) is 27.9. The second-order valence-corrected chi connectivity index (χ2v) is 22.8. The number of carbonyl (C=O) groups excluding carboxylic acids is 1. The highest BCUT2D eigenvalue weighted by molar-refractivity contribution is 5.76. The average Bonchev–Trinajstić information content (AvgIpc) is 3.69. The van der Waals surface area contributed by atoms with E-state index in [1.54, 1.807) is 0 Å². The summed E-state index contributed by atoms with van der Waals surface area (Å²) in [6.45, 7) is 1.61. The Morgan fingerprint density at radius 3 is 1.30 bits per heavy atom. The van der Waals surface area contributed by atoms with E-state index in [-0.39, 0.29) is 18.9 Å². The lowest BCUT2D eigenvalue weighted by atomic mass is 9.96. The molecule has 17 atom stereocenters. The van der Waals surface area contributed by atoms with Crippen LogP contribution in [0.15, 0.2) is 60.8 Å². The van der Waals surface area contributed by atoms with Crippen molar-refractivity contribution in [3.05, 3.63) is 60.8 Å². The Morgan fingerprint density at radius 1 is 0.446 bits per heavy atom. The molecule has 83 heavy (non-hydrogen) atoms. The van der Waals surface area contributed by atoms with Gasteiger partial charge in [-0.1, -0.05) is 203 Å². The van der Waals surface area contributed by atoms with E-state index in [1.807, 2.05) is 0 Å². The molecule has 0 bridgehead atoms. The number of ether oxygens (including phenoxy) is 6. The molecular formula is C64H113NO18. The molecule has 482 valence electrons. The van der Waals surface area contributed by atoms with E-state index in [0.717, 1.165) is 89.9 Å². The van der Waals surface area contributed by atoms with E-state index < -0.39 is 124 Å². The monoisotopic (exact) mass is 1180 g/mol. The van der Waals surface area contributed by atoms with Gasteiger partial charge in [0.05, 0.1) is 38.6 Å². The van der Waals surface area contributed by atoms with Crippen LogP contribution in [0.1, 0.15) is 206 Å². The molecule has 0 spiro atoms. The van der Waals surface area contributed by atoms with Gasteiger partial charge in [0.25, 0.3) is 0 Å². The lowest BCUT2D eigenvalue weighted by Gasteiger charge is -2.48. The van der Waals surface area contributed by atoms with E-state index in [1.165, 1.54) is 83.5 Å². The van der Waals surface area contributed by atoms with Crippen molar-refractivity contribution >= 4 is 5.91 Å². The predicted octanol–water partition coefficient (Wildman–Crippen LogP) is 6.82. The molecule has 3 aliphatic rings. The number of aliphatic hydroxyl groups is 11. The molecule has 0 saturated carbocycles. The van der Waals surface area contributed by atoms with Gasteiger partial charge in [0, 0.05) is 6.42 Å². The zero-order valence-electron chi connectivity index (χ0n) is 50.4. The van der Waals surface area contributed by atoms with Crippen LogP contribution in [-0.4, -0.2) is 193 Å². The fourth-order valence-corrected chi connectivity index (χ4v) is 10.6. The summed E-state index contributed by atoms with van der Waals surface area (Å²) < 4.78 is 34.2. The number of allylic oxidation sites excluding steroid dienone is 10. The van der Waals surface area contributed by atoms with Gasteiger partial charge in [-0.3, -0.25) is 4.79 Å². The SMILES string of the molecule is CC/C=C\C/C=C\C/C=C\C/C=C\C/C=C\CCCCCCCCCCCCCCCCCC(=O)NC(COC1OC(CO)C(OC2OC(CO)C(OC3OC(CO)C(O)C(O)C3O)C(O)C2O)C(O)C1O)C(O)CCCCCCCCC. The third kappa shape index (κ3) is 29.8. The molecular weight excluding hydrogens is 1070 g/mol. The summed E-state index contributed by atoms with van der Waals surface area (Å²) >= 11 is 0. The molecule has 0 aromatic heterocycles. The number of unbranched alkanes of at least 4 members (excludes halogenated alkanes) is 21. The maximum atomic E-state index is 13.3. The Morgan fingerprint density at radius 2 is 0.831 bits per heavy atom. The molecule has 0 aliphatic carbocycles. The van der Waals surface area contributed by atoms with E-state index in [9.17, 15) is 61.0 Å². The van der Waals surface area contributed by atoms with Crippen LogP contribution in [-0.2, 0) is 33.2 Å². The van der Waals surface area contributed by atoms with Crippen LogP contribution in [0, 0.1) is 0 Å². The zero-order chi connectivity index (χ0) is 60.5. The van der Waals surface area contributed by atoms with Crippen molar-refractivity contribution in [2.45, 2.75) is 311 Å². The molecule has 3 saturated heterocycles. The van der Waals surface area contributed by atoms with Crippen molar-refractivity contribution < 1.29 is 89.4 Å². The van der Waals surface area contributed by atoms with Gasteiger partial charge in [-0.05, 0) is 57.8 Å². The fraction of sp³-hybridized carbons (Fsp3) is 0.828. The Hall–Kier alpha value is -2.51. The lowest BCUT2D eigenvalue weighted by Crippen LogP contribution is -2.66. The first-order valence-electron chi connectivity index (χ1n) is 32.0. The van der Waals surface area contributed by atoms with Crippen LogP contribution in [0.4, 0.5) is 0 Å². The van der Waals surface area contributed by atoms with Crippen molar-refractivity contribution in [1.29, 1.82) is 0 Å². The summed E-state index contributed by atoms with van der Waals surface area (Å²) in [5.74, 6) is -0.249. The van der Waals surface area contributed by atoms with Crippen LogP contribution < -0.4 is 5.32 Å². The standard InChI is InChI=1S/C64H113NO18/c1-3-5-7-9-11-12-13-14-15-16-17-18-19-20-21-22-23-24-25-26-27-28-29-30-31-32-33-34-36-38-40-42-52(70)65-47(48(69)41-39-37-35-10-8-6-4-2)46-78-62-58(76)55(73)60(50(44-67)80-62)83-64-59(77)56(74)61(51(45-68)81-64)82-63-57(75)54(72)53(71)49(43-66)79-63/h5,7,11-12,14-15,17-18,20-21,47-51,53-64,66-69,71-77H,3-4,6,8-10,13,16,19,22-46H2,1-2H3,(H,65,70)/b7-5-,12-11-,15-14-,18-17-,21-20-. The summed E-state index contributed by atoms with van der Waals surface area (Å²) in [7, 11) is 0. The highest BCUT2D eigenvalue weighted by Gasteiger charge is 2.53. The Labute approximate surface area is 496 Å². The van der Waals surface area contributed by atoms with E-state index in [2.05, 4.69) is 79.9 Å². The van der Waals surface area contributed by atoms with Gasteiger partial charge in [0.2, 0.25) is 5.91 Å². The minimum atomic E-state index is -1.97. The van der Waals surface area contributed by atoms with Gasteiger partial charge in [0.1, 0.15) is 73.2 Å². The van der Waals surface area contributed by atoms with Crippen molar-refractivity contribution in [3.63, 3.8) is 0 Å². The number of aliphatic hydroxyl groups excluding tert-OH is 11. The third-order valence-electron chi connectivity index (χ3n) is 15.9. The minimum absolute atomic E-state index is 0.249. The van der Waals surface area contributed by atoms with Crippen molar-refractivity contribution in [2.24, 2.45) is 0 Å². The summed E-state index contributed by atoms with van der Waals surface area (Å²) in [5, 5.41) is 120. The molecule has 1 amide bonds. The van der Waals surface area contributed by atoms with Crippen molar-refractivity contribution in [1.82, 2.24) is 5.32 Å². The lowest BCUT2D eigenvalue weighted by molar-refractivity contribution is -0.379. The molecule has 0 radical (unpaired) electrons. The number of carbonyl (C=O) groups is 1. The smallest absolute Gasteiger partial charge is 0.220 e. The normalized spacial score (nSPS) is 29.8. The predicted molar refractivity (Wildman–Crippen MR) is 318 cm³/mol. The van der Waals surface area contributed by atoms with Crippen LogP contribution in [0.3, 0.4) is 0 Å². The zero-order valence-corrected chi connectivity index (χ0v) is 50.4.